The van der Waals surface area contributed by atoms with Gasteiger partial charge in [-0.3, -0.25) is 9.59 Å². The molecule has 6 heteroatoms. The quantitative estimate of drug-likeness (QED) is 0.853. The standard InChI is InChI=1S/C19H24N2O4/c1-13-4-6-14(7-5-13)11-21-12-15(10-16(21)22)17(23)20-19(18(24)25)8-2-3-9-19/h4-7,15H,2-3,8-12H2,1H3,(H,20,23)(H,24,25). The maximum absolute atomic E-state index is 12.5. The minimum absolute atomic E-state index is 0.0588. The summed E-state index contributed by atoms with van der Waals surface area (Å²) in [6, 6.07) is 7.95. The van der Waals surface area contributed by atoms with Crippen molar-refractivity contribution in [2.75, 3.05) is 6.54 Å². The minimum atomic E-state index is -1.15. The molecule has 25 heavy (non-hydrogen) atoms. The van der Waals surface area contributed by atoms with E-state index in [1.807, 2.05) is 31.2 Å². The van der Waals surface area contributed by atoms with Gasteiger partial charge in [0.1, 0.15) is 5.54 Å². The summed E-state index contributed by atoms with van der Waals surface area (Å²) in [6.45, 7) is 2.83. The Morgan fingerprint density at radius 3 is 2.48 bits per heavy atom. The van der Waals surface area contributed by atoms with Crippen LogP contribution in [0.2, 0.25) is 0 Å². The van der Waals surface area contributed by atoms with Crippen LogP contribution in [0.3, 0.4) is 0 Å². The highest BCUT2D eigenvalue weighted by atomic mass is 16.4. The highest BCUT2D eigenvalue weighted by molar-refractivity contribution is 5.92. The fourth-order valence-electron chi connectivity index (χ4n) is 3.72. The molecule has 1 aromatic carbocycles. The number of hydrogen-bond donors (Lipinski definition) is 2. The molecule has 1 unspecified atom stereocenters. The van der Waals surface area contributed by atoms with E-state index in [2.05, 4.69) is 5.32 Å². The molecular formula is C19H24N2O4. The minimum Gasteiger partial charge on any atom is -0.480 e. The van der Waals surface area contributed by atoms with E-state index in [0.29, 0.717) is 25.9 Å². The molecule has 2 fully saturated rings. The van der Waals surface area contributed by atoms with Crippen LogP contribution in [-0.4, -0.2) is 39.9 Å². The van der Waals surface area contributed by atoms with E-state index >= 15 is 0 Å². The number of aliphatic carboxylic acids is 1. The molecule has 1 aromatic rings. The summed E-state index contributed by atoms with van der Waals surface area (Å²) in [7, 11) is 0. The molecule has 134 valence electrons. The molecule has 1 aliphatic carbocycles. The molecule has 1 aliphatic heterocycles. The predicted molar refractivity (Wildman–Crippen MR) is 91.7 cm³/mol. The van der Waals surface area contributed by atoms with Crippen LogP contribution in [0.15, 0.2) is 24.3 Å². The zero-order chi connectivity index (χ0) is 18.0. The SMILES string of the molecule is Cc1ccc(CN2CC(C(=O)NC3(C(=O)O)CCCC3)CC2=O)cc1. The summed E-state index contributed by atoms with van der Waals surface area (Å²) in [5.41, 5.74) is 1.03. The predicted octanol–water partition coefficient (Wildman–Crippen LogP) is 1.86. The van der Waals surface area contributed by atoms with Crippen LogP contribution >= 0.6 is 0 Å². The Morgan fingerprint density at radius 2 is 1.88 bits per heavy atom. The zero-order valence-corrected chi connectivity index (χ0v) is 14.5. The summed E-state index contributed by atoms with van der Waals surface area (Å²) in [5, 5.41) is 12.2. The number of aryl methyl sites for hydroxylation is 1. The van der Waals surface area contributed by atoms with Gasteiger partial charge in [-0.1, -0.05) is 42.7 Å². The first-order chi connectivity index (χ1) is 11.9. The number of rotatable bonds is 5. The Bertz CT molecular complexity index is 677. The van der Waals surface area contributed by atoms with Crippen LogP contribution in [0.4, 0.5) is 0 Å². The molecule has 1 heterocycles. The number of carboxylic acid groups (broad SMARTS) is 1. The number of carbonyl (C=O) groups excluding carboxylic acids is 2. The van der Waals surface area contributed by atoms with Crippen molar-refractivity contribution in [1.82, 2.24) is 10.2 Å². The van der Waals surface area contributed by atoms with Crippen molar-refractivity contribution in [1.29, 1.82) is 0 Å². The first kappa shape index (κ1) is 17.5. The monoisotopic (exact) mass is 344 g/mol. The fourth-order valence-corrected chi connectivity index (χ4v) is 3.72. The Kier molecular flexibility index (Phi) is 4.79. The van der Waals surface area contributed by atoms with E-state index in [1.165, 1.54) is 0 Å². The maximum Gasteiger partial charge on any atom is 0.329 e. The van der Waals surface area contributed by atoms with Gasteiger partial charge in [0.15, 0.2) is 0 Å². The van der Waals surface area contributed by atoms with E-state index in [4.69, 9.17) is 0 Å². The van der Waals surface area contributed by atoms with Gasteiger partial charge < -0.3 is 15.3 Å². The van der Waals surface area contributed by atoms with Crippen LogP contribution in [0.1, 0.15) is 43.2 Å². The van der Waals surface area contributed by atoms with Crippen LogP contribution in [0.5, 0.6) is 0 Å². The third kappa shape index (κ3) is 3.67. The number of carboxylic acids is 1. The number of likely N-dealkylation sites (tertiary alicyclic amines) is 1. The second-order valence-corrected chi connectivity index (χ2v) is 7.24. The highest BCUT2D eigenvalue weighted by Crippen LogP contribution is 2.31. The average molecular weight is 344 g/mol. The third-order valence-electron chi connectivity index (χ3n) is 5.31. The Morgan fingerprint density at radius 1 is 1.24 bits per heavy atom. The lowest BCUT2D eigenvalue weighted by Gasteiger charge is -2.27. The van der Waals surface area contributed by atoms with E-state index in [1.54, 1.807) is 4.90 Å². The zero-order valence-electron chi connectivity index (χ0n) is 14.5. The molecule has 0 radical (unpaired) electrons. The lowest BCUT2D eigenvalue weighted by Crippen LogP contribution is -2.54. The van der Waals surface area contributed by atoms with Crippen molar-refractivity contribution >= 4 is 17.8 Å². The van der Waals surface area contributed by atoms with Gasteiger partial charge in [0, 0.05) is 19.5 Å². The normalized spacial score (nSPS) is 22.2. The number of carbonyl (C=O) groups is 3. The van der Waals surface area contributed by atoms with Gasteiger partial charge in [0.25, 0.3) is 0 Å². The molecule has 0 spiro atoms. The van der Waals surface area contributed by atoms with Crippen LogP contribution in [-0.2, 0) is 20.9 Å². The van der Waals surface area contributed by atoms with Crippen molar-refractivity contribution in [2.24, 2.45) is 5.92 Å². The van der Waals surface area contributed by atoms with Crippen molar-refractivity contribution in [3.05, 3.63) is 35.4 Å². The number of nitrogens with zero attached hydrogens (tertiary/aromatic N) is 1. The molecule has 3 rings (SSSR count). The van der Waals surface area contributed by atoms with Gasteiger partial charge in [-0.25, -0.2) is 4.79 Å². The molecule has 2 aliphatic rings. The molecule has 2 N–H and O–H groups in total. The van der Waals surface area contributed by atoms with E-state index in [0.717, 1.165) is 24.0 Å². The molecule has 1 atom stereocenters. The summed E-state index contributed by atoms with van der Waals surface area (Å²) in [6.07, 6.45) is 2.67. The molecule has 0 bridgehead atoms. The molecule has 6 nitrogen and oxygen atoms in total. The molecule has 0 aromatic heterocycles. The summed E-state index contributed by atoms with van der Waals surface area (Å²) in [5.74, 6) is -1.82. The summed E-state index contributed by atoms with van der Waals surface area (Å²) >= 11 is 0. The van der Waals surface area contributed by atoms with E-state index < -0.39 is 17.4 Å². The fraction of sp³-hybridized carbons (Fsp3) is 0.526. The van der Waals surface area contributed by atoms with Crippen molar-refractivity contribution in [3.63, 3.8) is 0 Å². The highest BCUT2D eigenvalue weighted by Gasteiger charge is 2.45. The second kappa shape index (κ2) is 6.86. The smallest absolute Gasteiger partial charge is 0.329 e. The van der Waals surface area contributed by atoms with Crippen LogP contribution < -0.4 is 5.32 Å². The van der Waals surface area contributed by atoms with Gasteiger partial charge in [-0.2, -0.15) is 0 Å². The summed E-state index contributed by atoms with van der Waals surface area (Å²) in [4.78, 5) is 38.0. The number of nitrogens with one attached hydrogen (secondary N) is 1. The molecule has 1 saturated heterocycles. The van der Waals surface area contributed by atoms with Crippen LogP contribution in [0.25, 0.3) is 0 Å². The van der Waals surface area contributed by atoms with Gasteiger partial charge in [-0.05, 0) is 25.3 Å². The second-order valence-electron chi connectivity index (χ2n) is 7.24. The summed E-state index contributed by atoms with van der Waals surface area (Å²) < 4.78 is 0. The van der Waals surface area contributed by atoms with Gasteiger partial charge in [-0.15, -0.1) is 0 Å². The average Bonchev–Trinajstić information content (AvgIpc) is 3.18. The topological polar surface area (TPSA) is 86.7 Å². The number of benzene rings is 1. The van der Waals surface area contributed by atoms with E-state index in [-0.39, 0.29) is 18.2 Å². The Labute approximate surface area is 147 Å². The maximum atomic E-state index is 12.5. The van der Waals surface area contributed by atoms with Crippen LogP contribution in [0, 0.1) is 12.8 Å². The van der Waals surface area contributed by atoms with Gasteiger partial charge >= 0.3 is 5.97 Å². The lowest BCUT2D eigenvalue weighted by molar-refractivity contribution is -0.148. The Balaban J connectivity index is 1.62. The number of amides is 2. The first-order valence-electron chi connectivity index (χ1n) is 8.78. The molecular weight excluding hydrogens is 320 g/mol. The van der Waals surface area contributed by atoms with Gasteiger partial charge in [0.2, 0.25) is 11.8 Å². The lowest BCUT2D eigenvalue weighted by atomic mass is 9.96. The largest absolute Gasteiger partial charge is 0.480 e. The van der Waals surface area contributed by atoms with E-state index in [9.17, 15) is 19.5 Å². The molecule has 1 saturated carbocycles. The van der Waals surface area contributed by atoms with Crippen molar-refractivity contribution in [2.45, 2.75) is 51.1 Å². The molecule has 2 amide bonds. The Hall–Kier alpha value is -2.37. The first-order valence-corrected chi connectivity index (χ1v) is 8.78. The van der Waals surface area contributed by atoms with Crippen molar-refractivity contribution in [3.8, 4) is 0 Å². The van der Waals surface area contributed by atoms with Crippen molar-refractivity contribution < 1.29 is 19.5 Å². The third-order valence-corrected chi connectivity index (χ3v) is 5.31. The number of hydrogen-bond acceptors (Lipinski definition) is 3. The van der Waals surface area contributed by atoms with Gasteiger partial charge in [0.05, 0.1) is 5.92 Å².